The number of thiophene rings is 1. The van der Waals surface area contributed by atoms with Crippen LogP contribution in [-0.2, 0) is 6.54 Å². The minimum atomic E-state index is 0.812. The van der Waals surface area contributed by atoms with Gasteiger partial charge in [0.15, 0.2) is 0 Å². The van der Waals surface area contributed by atoms with Gasteiger partial charge in [0, 0.05) is 27.0 Å². The summed E-state index contributed by atoms with van der Waals surface area (Å²) < 4.78 is 1.10. The van der Waals surface area contributed by atoms with Crippen LogP contribution in [0.1, 0.15) is 10.4 Å². The van der Waals surface area contributed by atoms with E-state index >= 15 is 0 Å². The second-order valence-corrected chi connectivity index (χ2v) is 5.95. The van der Waals surface area contributed by atoms with Gasteiger partial charge in [0.1, 0.15) is 0 Å². The Morgan fingerprint density at radius 2 is 2.12 bits per heavy atom. The molecule has 4 heteroatoms. The van der Waals surface area contributed by atoms with Gasteiger partial charge < -0.3 is 5.32 Å². The zero-order chi connectivity index (χ0) is 11.5. The third-order valence-corrected chi connectivity index (χ3v) is 3.87. The second-order valence-electron chi connectivity index (χ2n) is 3.60. The summed E-state index contributed by atoms with van der Waals surface area (Å²) >= 11 is 11.0. The van der Waals surface area contributed by atoms with Gasteiger partial charge in [-0.05, 0) is 36.8 Å². The summed E-state index contributed by atoms with van der Waals surface area (Å²) in [7, 11) is 0. The molecule has 0 aliphatic heterocycles. The molecule has 1 N–H and O–H groups in total. The Hall–Kier alpha value is -0.510. The summed E-state index contributed by atoms with van der Waals surface area (Å²) in [6, 6.07) is 8.28. The van der Waals surface area contributed by atoms with E-state index in [1.54, 1.807) is 11.3 Å². The van der Waals surface area contributed by atoms with Crippen LogP contribution in [0.3, 0.4) is 0 Å². The average molecular weight is 317 g/mol. The maximum absolute atomic E-state index is 5.87. The van der Waals surface area contributed by atoms with Gasteiger partial charge in [-0.1, -0.05) is 27.5 Å². The maximum Gasteiger partial charge on any atom is 0.0516 e. The Morgan fingerprint density at radius 3 is 2.75 bits per heavy atom. The van der Waals surface area contributed by atoms with Crippen LogP contribution in [0.25, 0.3) is 0 Å². The van der Waals surface area contributed by atoms with Crippen LogP contribution < -0.4 is 5.32 Å². The molecular weight excluding hydrogens is 306 g/mol. The number of anilines is 1. The molecular formula is C12H11BrClNS. The van der Waals surface area contributed by atoms with E-state index in [0.717, 1.165) is 21.7 Å². The van der Waals surface area contributed by atoms with Crippen LogP contribution in [-0.4, -0.2) is 0 Å². The van der Waals surface area contributed by atoms with E-state index in [0.29, 0.717) is 0 Å². The average Bonchev–Trinajstić information content (AvgIpc) is 2.60. The first-order valence-electron chi connectivity index (χ1n) is 4.87. The molecule has 0 saturated carbocycles. The summed E-state index contributed by atoms with van der Waals surface area (Å²) in [5, 5.41) is 6.14. The van der Waals surface area contributed by atoms with E-state index in [1.807, 2.05) is 11.4 Å². The topological polar surface area (TPSA) is 12.0 Å². The number of aryl methyl sites for hydroxylation is 1. The van der Waals surface area contributed by atoms with E-state index in [-0.39, 0.29) is 0 Å². The third-order valence-electron chi connectivity index (χ3n) is 2.13. The van der Waals surface area contributed by atoms with Crippen LogP contribution in [0.5, 0.6) is 0 Å². The summed E-state index contributed by atoms with van der Waals surface area (Å²) in [6.07, 6.45) is 0. The number of hydrogen-bond acceptors (Lipinski definition) is 2. The molecule has 2 aromatic rings. The second kappa shape index (κ2) is 5.21. The monoisotopic (exact) mass is 315 g/mol. The van der Waals surface area contributed by atoms with Crippen LogP contribution in [0.15, 0.2) is 34.1 Å². The summed E-state index contributed by atoms with van der Waals surface area (Å²) in [4.78, 5) is 1.24. The minimum absolute atomic E-state index is 0.812. The van der Waals surface area contributed by atoms with Crippen LogP contribution in [0.4, 0.5) is 5.69 Å². The number of halogens is 2. The number of rotatable bonds is 3. The van der Waals surface area contributed by atoms with Crippen molar-refractivity contribution in [2.24, 2.45) is 0 Å². The summed E-state index contributed by atoms with van der Waals surface area (Å²) in [5.41, 5.74) is 2.36. The molecule has 1 heterocycles. The first kappa shape index (κ1) is 12.0. The molecule has 0 amide bonds. The van der Waals surface area contributed by atoms with E-state index in [9.17, 15) is 0 Å². The zero-order valence-electron chi connectivity index (χ0n) is 8.76. The Balaban J connectivity index is 2.04. The van der Waals surface area contributed by atoms with Crippen molar-refractivity contribution in [2.45, 2.75) is 13.5 Å². The molecule has 0 aliphatic carbocycles. The van der Waals surface area contributed by atoms with Gasteiger partial charge in [-0.25, -0.2) is 0 Å². The number of nitrogens with one attached hydrogen (secondary N) is 1. The van der Waals surface area contributed by atoms with Crippen molar-refractivity contribution in [3.05, 3.63) is 49.6 Å². The normalized spacial score (nSPS) is 10.4. The molecule has 1 aromatic carbocycles. The Kier molecular flexibility index (Phi) is 3.90. The van der Waals surface area contributed by atoms with Gasteiger partial charge in [0.25, 0.3) is 0 Å². The molecule has 84 valence electrons. The third kappa shape index (κ3) is 3.24. The van der Waals surface area contributed by atoms with E-state index < -0.39 is 0 Å². The van der Waals surface area contributed by atoms with Gasteiger partial charge in [0.2, 0.25) is 0 Å². The molecule has 0 radical (unpaired) electrons. The molecule has 1 aromatic heterocycles. The van der Waals surface area contributed by atoms with Crippen LogP contribution in [0.2, 0.25) is 5.02 Å². The van der Waals surface area contributed by atoms with Crippen molar-refractivity contribution in [3.63, 3.8) is 0 Å². The lowest BCUT2D eigenvalue weighted by Gasteiger charge is -2.06. The Morgan fingerprint density at radius 1 is 1.31 bits per heavy atom. The molecule has 0 saturated heterocycles. The predicted octanol–water partition coefficient (Wildman–Crippen LogP) is 5.08. The molecule has 0 aliphatic rings. The lowest BCUT2D eigenvalue weighted by Crippen LogP contribution is -1.97. The van der Waals surface area contributed by atoms with Crippen molar-refractivity contribution >= 4 is 44.6 Å². The molecule has 0 atom stereocenters. The largest absolute Gasteiger partial charge is 0.380 e. The first-order valence-corrected chi connectivity index (χ1v) is 6.92. The van der Waals surface area contributed by atoms with Crippen molar-refractivity contribution in [3.8, 4) is 0 Å². The van der Waals surface area contributed by atoms with E-state index in [2.05, 4.69) is 46.4 Å². The SMILES string of the molecule is Cc1cc(Br)cc(NCc2cc(Cl)cs2)c1. The molecule has 0 spiro atoms. The first-order chi connectivity index (χ1) is 7.63. The molecule has 2 rings (SSSR count). The highest BCUT2D eigenvalue weighted by Gasteiger charge is 1.99. The molecule has 0 fully saturated rings. The molecule has 16 heavy (non-hydrogen) atoms. The van der Waals surface area contributed by atoms with Gasteiger partial charge >= 0.3 is 0 Å². The minimum Gasteiger partial charge on any atom is -0.380 e. The highest BCUT2D eigenvalue weighted by molar-refractivity contribution is 9.10. The lowest BCUT2D eigenvalue weighted by molar-refractivity contribution is 1.19. The fourth-order valence-electron chi connectivity index (χ4n) is 1.47. The van der Waals surface area contributed by atoms with Crippen LogP contribution >= 0.6 is 38.9 Å². The van der Waals surface area contributed by atoms with E-state index in [1.165, 1.54) is 10.4 Å². The van der Waals surface area contributed by atoms with Gasteiger partial charge in [-0.3, -0.25) is 0 Å². The van der Waals surface area contributed by atoms with Crippen molar-refractivity contribution in [1.82, 2.24) is 0 Å². The van der Waals surface area contributed by atoms with Crippen molar-refractivity contribution < 1.29 is 0 Å². The number of hydrogen-bond donors (Lipinski definition) is 1. The van der Waals surface area contributed by atoms with E-state index in [4.69, 9.17) is 11.6 Å². The smallest absolute Gasteiger partial charge is 0.0516 e. The highest BCUT2D eigenvalue weighted by atomic mass is 79.9. The lowest BCUT2D eigenvalue weighted by atomic mass is 10.2. The molecule has 0 unspecified atom stereocenters. The molecule has 0 bridgehead atoms. The zero-order valence-corrected chi connectivity index (χ0v) is 11.9. The van der Waals surface area contributed by atoms with Crippen molar-refractivity contribution in [1.29, 1.82) is 0 Å². The standard InChI is InChI=1S/C12H11BrClNS/c1-8-2-9(13)4-11(3-8)15-6-12-5-10(14)7-16-12/h2-5,7,15H,6H2,1H3. The van der Waals surface area contributed by atoms with Gasteiger partial charge in [-0.2, -0.15) is 0 Å². The Bertz CT molecular complexity index is 475. The maximum atomic E-state index is 5.87. The van der Waals surface area contributed by atoms with Gasteiger partial charge in [-0.15, -0.1) is 11.3 Å². The highest BCUT2D eigenvalue weighted by Crippen LogP contribution is 2.22. The van der Waals surface area contributed by atoms with Crippen molar-refractivity contribution in [2.75, 3.05) is 5.32 Å². The quantitative estimate of drug-likeness (QED) is 0.832. The molecule has 1 nitrogen and oxygen atoms in total. The fraction of sp³-hybridized carbons (Fsp3) is 0.167. The summed E-state index contributed by atoms with van der Waals surface area (Å²) in [5.74, 6) is 0. The summed E-state index contributed by atoms with van der Waals surface area (Å²) in [6.45, 7) is 2.89. The Labute approximate surface area is 113 Å². The fourth-order valence-corrected chi connectivity index (χ4v) is 3.09. The van der Waals surface area contributed by atoms with Crippen LogP contribution in [0, 0.1) is 6.92 Å². The predicted molar refractivity (Wildman–Crippen MR) is 75.5 cm³/mol. The number of benzene rings is 1. The van der Waals surface area contributed by atoms with Gasteiger partial charge in [0.05, 0.1) is 5.02 Å².